The van der Waals surface area contributed by atoms with Gasteiger partial charge in [0.15, 0.2) is 0 Å². The molecule has 1 aliphatic rings. The molecule has 1 amide bonds. The summed E-state index contributed by atoms with van der Waals surface area (Å²) in [5.41, 5.74) is 1.90. The van der Waals surface area contributed by atoms with Crippen molar-refractivity contribution >= 4 is 11.6 Å². The molecule has 2 aromatic rings. The van der Waals surface area contributed by atoms with Gasteiger partial charge in [-0.1, -0.05) is 0 Å². The van der Waals surface area contributed by atoms with Gasteiger partial charge in [0.1, 0.15) is 11.5 Å². The summed E-state index contributed by atoms with van der Waals surface area (Å²) in [6.07, 6.45) is 2.09. The highest BCUT2D eigenvalue weighted by atomic mass is 16.5. The Labute approximate surface area is 154 Å². The number of hydrogen-bond acceptors (Lipinski definition) is 4. The molecule has 1 unspecified atom stereocenters. The van der Waals surface area contributed by atoms with Crippen LogP contribution in [0.15, 0.2) is 36.5 Å². The standard InChI is InChI=1S/C20H27N3O3/c1-4-25-16-8-9-19(26-5-2)17(13-16)21-20(24)14-23-12-11-22-10-6-7-18(22)15(23)3/h6-10,13,15H,4-5,11-12,14H2,1-3H3,(H,21,24). The summed E-state index contributed by atoms with van der Waals surface area (Å²) in [7, 11) is 0. The zero-order chi connectivity index (χ0) is 18.5. The Hall–Kier alpha value is -2.47. The van der Waals surface area contributed by atoms with Gasteiger partial charge in [-0.15, -0.1) is 0 Å². The average Bonchev–Trinajstić information content (AvgIpc) is 3.10. The smallest absolute Gasteiger partial charge is 0.238 e. The first-order valence-electron chi connectivity index (χ1n) is 9.21. The van der Waals surface area contributed by atoms with Crippen molar-refractivity contribution in [3.05, 3.63) is 42.2 Å². The van der Waals surface area contributed by atoms with Gasteiger partial charge in [-0.25, -0.2) is 0 Å². The number of anilines is 1. The largest absolute Gasteiger partial charge is 0.494 e. The van der Waals surface area contributed by atoms with Gasteiger partial charge in [0.2, 0.25) is 5.91 Å². The maximum absolute atomic E-state index is 12.6. The van der Waals surface area contributed by atoms with Gasteiger partial charge in [-0.2, -0.15) is 0 Å². The third-order valence-corrected chi connectivity index (χ3v) is 4.65. The molecule has 1 aliphatic heterocycles. The topological polar surface area (TPSA) is 55.7 Å². The fraction of sp³-hybridized carbons (Fsp3) is 0.450. The van der Waals surface area contributed by atoms with E-state index in [0.29, 0.717) is 31.2 Å². The number of aromatic nitrogens is 1. The lowest BCUT2D eigenvalue weighted by Gasteiger charge is -2.34. The van der Waals surface area contributed by atoms with E-state index in [9.17, 15) is 4.79 Å². The monoisotopic (exact) mass is 357 g/mol. The Morgan fingerprint density at radius 1 is 1.19 bits per heavy atom. The highest BCUT2D eigenvalue weighted by molar-refractivity contribution is 5.94. The molecule has 26 heavy (non-hydrogen) atoms. The van der Waals surface area contributed by atoms with Gasteiger partial charge in [0, 0.05) is 37.1 Å². The third-order valence-electron chi connectivity index (χ3n) is 4.65. The normalized spacial score (nSPS) is 16.8. The van der Waals surface area contributed by atoms with Crippen molar-refractivity contribution in [2.75, 3.05) is 31.6 Å². The Morgan fingerprint density at radius 3 is 2.77 bits per heavy atom. The summed E-state index contributed by atoms with van der Waals surface area (Å²) in [5, 5.41) is 2.99. The van der Waals surface area contributed by atoms with Crippen molar-refractivity contribution < 1.29 is 14.3 Å². The number of amides is 1. The number of benzene rings is 1. The van der Waals surface area contributed by atoms with Crippen molar-refractivity contribution in [1.29, 1.82) is 0 Å². The molecular weight excluding hydrogens is 330 g/mol. The molecule has 2 heterocycles. The van der Waals surface area contributed by atoms with E-state index < -0.39 is 0 Å². The number of ether oxygens (including phenoxy) is 2. The van der Waals surface area contributed by atoms with Crippen LogP contribution in [0.3, 0.4) is 0 Å². The zero-order valence-electron chi connectivity index (χ0n) is 15.7. The number of carbonyl (C=O) groups is 1. The molecule has 6 nitrogen and oxygen atoms in total. The molecule has 140 valence electrons. The molecule has 6 heteroatoms. The fourth-order valence-electron chi connectivity index (χ4n) is 3.36. The molecule has 1 aromatic carbocycles. The lowest BCUT2D eigenvalue weighted by atomic mass is 10.1. The molecule has 0 saturated carbocycles. The Kier molecular flexibility index (Phi) is 5.83. The Bertz CT molecular complexity index is 757. The second-order valence-corrected chi connectivity index (χ2v) is 6.35. The highest BCUT2D eigenvalue weighted by Crippen LogP contribution is 2.30. The molecule has 0 bridgehead atoms. The summed E-state index contributed by atoms with van der Waals surface area (Å²) in [6.45, 7) is 9.21. The minimum Gasteiger partial charge on any atom is -0.494 e. The third kappa shape index (κ3) is 4.02. The molecule has 1 atom stereocenters. The number of nitrogens with zero attached hydrogens (tertiary/aromatic N) is 2. The van der Waals surface area contributed by atoms with E-state index in [1.165, 1.54) is 5.69 Å². The first-order valence-corrected chi connectivity index (χ1v) is 9.21. The van der Waals surface area contributed by atoms with Gasteiger partial charge >= 0.3 is 0 Å². The van der Waals surface area contributed by atoms with E-state index in [-0.39, 0.29) is 11.9 Å². The van der Waals surface area contributed by atoms with Gasteiger partial charge in [0.05, 0.1) is 25.4 Å². The summed E-state index contributed by atoms with van der Waals surface area (Å²) >= 11 is 0. The van der Waals surface area contributed by atoms with Gasteiger partial charge in [-0.3, -0.25) is 9.69 Å². The number of fused-ring (bicyclic) bond motifs is 1. The Morgan fingerprint density at radius 2 is 2.00 bits per heavy atom. The quantitative estimate of drug-likeness (QED) is 0.826. The average molecular weight is 357 g/mol. The van der Waals surface area contributed by atoms with E-state index in [0.717, 1.165) is 18.8 Å². The molecule has 0 fully saturated rings. The van der Waals surface area contributed by atoms with E-state index in [1.54, 1.807) is 0 Å². The van der Waals surface area contributed by atoms with Crippen molar-refractivity contribution in [2.24, 2.45) is 0 Å². The van der Waals surface area contributed by atoms with Crippen molar-refractivity contribution in [3.8, 4) is 11.5 Å². The van der Waals surface area contributed by atoms with Crippen molar-refractivity contribution in [1.82, 2.24) is 9.47 Å². The summed E-state index contributed by atoms with van der Waals surface area (Å²) in [4.78, 5) is 14.8. The lowest BCUT2D eigenvalue weighted by molar-refractivity contribution is -0.118. The van der Waals surface area contributed by atoms with E-state index in [4.69, 9.17) is 9.47 Å². The van der Waals surface area contributed by atoms with Crippen LogP contribution in [0.2, 0.25) is 0 Å². The molecular formula is C20H27N3O3. The molecule has 3 rings (SSSR count). The van der Waals surface area contributed by atoms with E-state index in [1.807, 2.05) is 32.0 Å². The number of hydrogen-bond donors (Lipinski definition) is 1. The predicted molar refractivity (Wildman–Crippen MR) is 102 cm³/mol. The lowest BCUT2D eigenvalue weighted by Crippen LogP contribution is -2.41. The molecule has 1 aromatic heterocycles. The SMILES string of the molecule is CCOc1ccc(OCC)c(NC(=O)CN2CCn3cccc3C2C)c1. The van der Waals surface area contributed by atoms with Crippen LogP contribution >= 0.6 is 0 Å². The van der Waals surface area contributed by atoms with Gasteiger partial charge < -0.3 is 19.4 Å². The minimum absolute atomic E-state index is 0.0496. The van der Waals surface area contributed by atoms with Crippen LogP contribution in [0.5, 0.6) is 11.5 Å². The van der Waals surface area contributed by atoms with Gasteiger partial charge in [-0.05, 0) is 45.0 Å². The van der Waals surface area contributed by atoms with Crippen LogP contribution in [-0.4, -0.2) is 41.7 Å². The Balaban J connectivity index is 1.68. The van der Waals surface area contributed by atoms with Crippen LogP contribution in [0, 0.1) is 0 Å². The van der Waals surface area contributed by atoms with E-state index in [2.05, 4.69) is 40.0 Å². The molecule has 0 spiro atoms. The fourth-order valence-corrected chi connectivity index (χ4v) is 3.36. The van der Waals surface area contributed by atoms with Crippen LogP contribution in [-0.2, 0) is 11.3 Å². The summed E-state index contributed by atoms with van der Waals surface area (Å²) in [5.74, 6) is 1.33. The molecule has 1 N–H and O–H groups in total. The second-order valence-electron chi connectivity index (χ2n) is 6.35. The first-order chi connectivity index (χ1) is 12.6. The minimum atomic E-state index is -0.0496. The molecule has 0 aliphatic carbocycles. The predicted octanol–water partition coefficient (Wildman–Crippen LogP) is 3.30. The summed E-state index contributed by atoms with van der Waals surface area (Å²) < 4.78 is 13.4. The summed E-state index contributed by atoms with van der Waals surface area (Å²) in [6, 6.07) is 9.89. The molecule has 0 radical (unpaired) electrons. The van der Waals surface area contributed by atoms with Crippen LogP contribution in [0.4, 0.5) is 5.69 Å². The van der Waals surface area contributed by atoms with Crippen molar-refractivity contribution in [3.63, 3.8) is 0 Å². The number of nitrogens with one attached hydrogen (secondary N) is 1. The van der Waals surface area contributed by atoms with Crippen LogP contribution in [0.1, 0.15) is 32.5 Å². The molecule has 0 saturated heterocycles. The van der Waals surface area contributed by atoms with Gasteiger partial charge in [0.25, 0.3) is 0 Å². The zero-order valence-corrected chi connectivity index (χ0v) is 15.7. The number of rotatable bonds is 7. The van der Waals surface area contributed by atoms with Crippen LogP contribution in [0.25, 0.3) is 0 Å². The maximum atomic E-state index is 12.6. The first kappa shape index (κ1) is 18.3. The number of carbonyl (C=O) groups excluding carboxylic acids is 1. The van der Waals surface area contributed by atoms with Crippen molar-refractivity contribution in [2.45, 2.75) is 33.4 Å². The van der Waals surface area contributed by atoms with Crippen LogP contribution < -0.4 is 14.8 Å². The van der Waals surface area contributed by atoms with E-state index >= 15 is 0 Å². The maximum Gasteiger partial charge on any atom is 0.238 e. The second kappa shape index (κ2) is 8.27. The highest BCUT2D eigenvalue weighted by Gasteiger charge is 2.25.